The SMILES string of the molecule is Cc1csc(SCC(=O)Nn2cn[nH]c2=O)n1. The van der Waals surface area contributed by atoms with Crippen molar-refractivity contribution in [3.8, 4) is 0 Å². The monoisotopic (exact) mass is 271 g/mol. The highest BCUT2D eigenvalue weighted by Gasteiger charge is 2.07. The predicted molar refractivity (Wildman–Crippen MR) is 64.8 cm³/mol. The van der Waals surface area contributed by atoms with E-state index in [0.29, 0.717) is 0 Å². The lowest BCUT2D eigenvalue weighted by Crippen LogP contribution is -2.31. The molecule has 2 aromatic heterocycles. The van der Waals surface area contributed by atoms with Gasteiger partial charge in [0, 0.05) is 11.1 Å². The largest absolute Gasteiger partial charge is 0.362 e. The van der Waals surface area contributed by atoms with Crippen LogP contribution >= 0.6 is 23.1 Å². The molecular weight excluding hydrogens is 262 g/mol. The van der Waals surface area contributed by atoms with Crippen LogP contribution in [-0.2, 0) is 4.79 Å². The quantitative estimate of drug-likeness (QED) is 0.775. The number of nitrogens with zero attached hydrogens (tertiary/aromatic N) is 3. The van der Waals surface area contributed by atoms with Crippen LogP contribution in [0.2, 0.25) is 0 Å². The third-order valence-electron chi connectivity index (χ3n) is 1.72. The molecule has 2 rings (SSSR count). The Morgan fingerprint density at radius 2 is 2.53 bits per heavy atom. The van der Waals surface area contributed by atoms with Crippen LogP contribution in [0, 0.1) is 6.92 Å². The summed E-state index contributed by atoms with van der Waals surface area (Å²) in [6.45, 7) is 1.89. The second-order valence-electron chi connectivity index (χ2n) is 3.11. The van der Waals surface area contributed by atoms with Crippen LogP contribution in [0.3, 0.4) is 0 Å². The Kier molecular flexibility index (Phi) is 3.59. The smallest absolute Gasteiger partial charge is 0.272 e. The molecule has 9 heteroatoms. The van der Waals surface area contributed by atoms with Crippen LogP contribution in [0.1, 0.15) is 5.69 Å². The molecule has 2 aromatic rings. The molecule has 0 atom stereocenters. The minimum atomic E-state index is -0.478. The Labute approximate surface area is 104 Å². The number of aromatic nitrogens is 4. The number of hydrogen-bond donors (Lipinski definition) is 2. The van der Waals surface area contributed by atoms with Gasteiger partial charge in [0.05, 0.1) is 5.75 Å². The van der Waals surface area contributed by atoms with Crippen molar-refractivity contribution >= 4 is 29.0 Å². The summed E-state index contributed by atoms with van der Waals surface area (Å²) in [4.78, 5) is 26.7. The first-order chi connectivity index (χ1) is 8.15. The van der Waals surface area contributed by atoms with Gasteiger partial charge in [-0.05, 0) is 6.92 Å². The number of rotatable bonds is 4. The fourth-order valence-corrected chi connectivity index (χ4v) is 2.66. The lowest BCUT2D eigenvalue weighted by Gasteiger charge is -2.01. The number of aromatic amines is 1. The number of carbonyl (C=O) groups is 1. The zero-order valence-electron chi connectivity index (χ0n) is 8.84. The molecule has 0 spiro atoms. The molecule has 7 nitrogen and oxygen atoms in total. The predicted octanol–water partition coefficient (Wildman–Crippen LogP) is 0.199. The van der Waals surface area contributed by atoms with Gasteiger partial charge in [-0.3, -0.25) is 10.2 Å². The molecular formula is C8H9N5O2S2. The van der Waals surface area contributed by atoms with Crippen LogP contribution in [0.25, 0.3) is 0 Å². The van der Waals surface area contributed by atoms with Gasteiger partial charge in [0.2, 0.25) is 5.91 Å². The van der Waals surface area contributed by atoms with E-state index < -0.39 is 5.69 Å². The highest BCUT2D eigenvalue weighted by Crippen LogP contribution is 2.21. The number of amides is 1. The molecule has 17 heavy (non-hydrogen) atoms. The fraction of sp³-hybridized carbons (Fsp3) is 0.250. The molecule has 0 saturated heterocycles. The summed E-state index contributed by atoms with van der Waals surface area (Å²) >= 11 is 2.81. The van der Waals surface area contributed by atoms with E-state index in [1.807, 2.05) is 12.3 Å². The molecule has 0 aromatic carbocycles. The van der Waals surface area contributed by atoms with Gasteiger partial charge in [0.1, 0.15) is 6.33 Å². The highest BCUT2D eigenvalue weighted by molar-refractivity contribution is 8.01. The van der Waals surface area contributed by atoms with Gasteiger partial charge in [-0.1, -0.05) is 11.8 Å². The summed E-state index contributed by atoms with van der Waals surface area (Å²) in [7, 11) is 0. The van der Waals surface area contributed by atoms with Crippen molar-refractivity contribution in [2.24, 2.45) is 0 Å². The third-order valence-corrected chi connectivity index (χ3v) is 3.86. The summed E-state index contributed by atoms with van der Waals surface area (Å²) in [6, 6.07) is 0. The number of hydrogen-bond acceptors (Lipinski definition) is 6. The molecule has 0 radical (unpaired) electrons. The molecule has 0 fully saturated rings. The van der Waals surface area contributed by atoms with Crippen LogP contribution in [-0.4, -0.2) is 31.5 Å². The summed E-state index contributed by atoms with van der Waals surface area (Å²) in [5, 5.41) is 7.58. The van der Waals surface area contributed by atoms with E-state index >= 15 is 0 Å². The van der Waals surface area contributed by atoms with E-state index in [1.165, 1.54) is 29.4 Å². The average molecular weight is 271 g/mol. The van der Waals surface area contributed by atoms with E-state index in [9.17, 15) is 9.59 Å². The molecule has 2 N–H and O–H groups in total. The van der Waals surface area contributed by atoms with Crippen molar-refractivity contribution in [2.45, 2.75) is 11.3 Å². The summed E-state index contributed by atoms with van der Waals surface area (Å²) < 4.78 is 1.83. The topological polar surface area (TPSA) is 92.7 Å². The number of nitrogens with one attached hydrogen (secondary N) is 2. The molecule has 2 heterocycles. The zero-order valence-corrected chi connectivity index (χ0v) is 10.5. The zero-order chi connectivity index (χ0) is 12.3. The number of thioether (sulfide) groups is 1. The molecule has 0 saturated carbocycles. The number of carbonyl (C=O) groups excluding carboxylic acids is 1. The molecule has 0 unspecified atom stereocenters. The standard InChI is InChI=1S/C8H9N5O2S2/c1-5-2-16-8(10-5)17-3-6(14)12-13-4-9-11-7(13)15/h2,4H,3H2,1H3,(H,11,15)(H,12,14). The number of thiazole rings is 1. The molecule has 0 aliphatic heterocycles. The Balaban J connectivity index is 1.86. The van der Waals surface area contributed by atoms with Gasteiger partial charge in [0.25, 0.3) is 0 Å². The molecule has 0 aliphatic rings. The summed E-state index contributed by atoms with van der Waals surface area (Å²) in [5.74, 6) is -0.0868. The van der Waals surface area contributed by atoms with E-state index in [0.717, 1.165) is 14.7 Å². The second-order valence-corrected chi connectivity index (χ2v) is 5.19. The van der Waals surface area contributed by atoms with E-state index in [1.54, 1.807) is 0 Å². The minimum Gasteiger partial charge on any atom is -0.272 e. The molecule has 0 aliphatic carbocycles. The summed E-state index contributed by atoms with van der Waals surface area (Å²) in [6.07, 6.45) is 1.21. The molecule has 0 bridgehead atoms. The first-order valence-electron chi connectivity index (χ1n) is 4.62. The van der Waals surface area contributed by atoms with Crippen molar-refractivity contribution in [3.05, 3.63) is 27.9 Å². The fourth-order valence-electron chi connectivity index (χ4n) is 1.02. The van der Waals surface area contributed by atoms with Crippen molar-refractivity contribution in [1.29, 1.82) is 0 Å². The second kappa shape index (κ2) is 5.15. The van der Waals surface area contributed by atoms with Crippen LogP contribution in [0.5, 0.6) is 0 Å². The Morgan fingerprint density at radius 1 is 1.71 bits per heavy atom. The van der Waals surface area contributed by atoms with Gasteiger partial charge in [-0.25, -0.2) is 14.9 Å². The number of H-pyrrole nitrogens is 1. The van der Waals surface area contributed by atoms with E-state index in [2.05, 4.69) is 20.6 Å². The third kappa shape index (κ3) is 3.17. The van der Waals surface area contributed by atoms with Gasteiger partial charge in [-0.15, -0.1) is 11.3 Å². The average Bonchev–Trinajstić information content (AvgIpc) is 2.86. The lowest BCUT2D eigenvalue weighted by molar-refractivity contribution is -0.114. The van der Waals surface area contributed by atoms with Crippen LogP contribution < -0.4 is 11.1 Å². The van der Waals surface area contributed by atoms with Gasteiger partial charge in [-0.2, -0.15) is 9.77 Å². The van der Waals surface area contributed by atoms with Crippen LogP contribution in [0.15, 0.2) is 20.8 Å². The minimum absolute atomic E-state index is 0.199. The first-order valence-corrected chi connectivity index (χ1v) is 6.48. The molecule has 90 valence electrons. The van der Waals surface area contributed by atoms with Crippen LogP contribution in [0.4, 0.5) is 0 Å². The number of aryl methyl sites for hydroxylation is 1. The lowest BCUT2D eigenvalue weighted by atomic mass is 10.6. The van der Waals surface area contributed by atoms with Crippen molar-refractivity contribution in [1.82, 2.24) is 19.9 Å². The van der Waals surface area contributed by atoms with E-state index in [-0.39, 0.29) is 11.7 Å². The highest BCUT2D eigenvalue weighted by atomic mass is 32.2. The summed E-state index contributed by atoms with van der Waals surface area (Å²) in [5.41, 5.74) is 2.85. The van der Waals surface area contributed by atoms with Crippen molar-refractivity contribution in [2.75, 3.05) is 11.2 Å². The maximum Gasteiger partial charge on any atom is 0.362 e. The Morgan fingerprint density at radius 3 is 3.12 bits per heavy atom. The van der Waals surface area contributed by atoms with Gasteiger partial charge in [0.15, 0.2) is 4.34 Å². The van der Waals surface area contributed by atoms with Crippen molar-refractivity contribution < 1.29 is 4.79 Å². The normalized spacial score (nSPS) is 10.4. The van der Waals surface area contributed by atoms with E-state index in [4.69, 9.17) is 0 Å². The molecule has 1 amide bonds. The Hall–Kier alpha value is -1.61. The van der Waals surface area contributed by atoms with Gasteiger partial charge < -0.3 is 0 Å². The maximum absolute atomic E-state index is 11.5. The first kappa shape index (κ1) is 11.9. The Bertz CT molecular complexity index is 572. The van der Waals surface area contributed by atoms with Crippen molar-refractivity contribution in [3.63, 3.8) is 0 Å². The maximum atomic E-state index is 11.5. The van der Waals surface area contributed by atoms with Gasteiger partial charge >= 0.3 is 5.69 Å².